The van der Waals surface area contributed by atoms with Crippen molar-refractivity contribution in [2.75, 3.05) is 17.1 Å². The van der Waals surface area contributed by atoms with E-state index in [-0.39, 0.29) is 28.7 Å². The van der Waals surface area contributed by atoms with Crippen molar-refractivity contribution in [3.05, 3.63) is 77.3 Å². The first-order chi connectivity index (χ1) is 17.5. The zero-order chi connectivity index (χ0) is 26.8. The third-order valence-electron chi connectivity index (χ3n) is 5.64. The maximum absolute atomic E-state index is 13.4. The average Bonchev–Trinajstić information content (AvgIpc) is 2.85. The highest BCUT2D eigenvalue weighted by atomic mass is 35.5. The number of ether oxygens (including phenoxy) is 1. The van der Waals surface area contributed by atoms with Crippen molar-refractivity contribution in [3.8, 4) is 5.75 Å². The van der Waals surface area contributed by atoms with Crippen LogP contribution in [0, 0.1) is 5.41 Å². The van der Waals surface area contributed by atoms with E-state index >= 15 is 0 Å². The van der Waals surface area contributed by atoms with Crippen LogP contribution in [0.4, 0.5) is 17.3 Å². The summed E-state index contributed by atoms with van der Waals surface area (Å²) in [5.41, 5.74) is 1.61. The number of para-hydroxylation sites is 2. The lowest BCUT2D eigenvalue weighted by Gasteiger charge is -2.17. The summed E-state index contributed by atoms with van der Waals surface area (Å²) in [5.74, 6) is 0.728. The van der Waals surface area contributed by atoms with Gasteiger partial charge in [-0.1, -0.05) is 56.6 Å². The molecular formula is C27H27ClN4O4S. The number of carbonyl (C=O) groups excluding carboxylic acids is 1. The van der Waals surface area contributed by atoms with Gasteiger partial charge in [0.25, 0.3) is 10.0 Å². The van der Waals surface area contributed by atoms with Gasteiger partial charge in [0.2, 0.25) is 0 Å². The molecule has 8 nitrogen and oxygen atoms in total. The van der Waals surface area contributed by atoms with Gasteiger partial charge in [-0.2, -0.15) is 0 Å². The van der Waals surface area contributed by atoms with Crippen LogP contribution >= 0.6 is 11.6 Å². The van der Waals surface area contributed by atoms with Gasteiger partial charge in [-0.3, -0.25) is 9.52 Å². The molecule has 192 valence electrons. The SMILES string of the molecule is COc1ccc(Cl)c(Nc2nc3ccccc3nc2NS(=O)(=O)c2cccc(CC(=O)C(C)(C)C)c2)c1. The molecule has 0 aliphatic heterocycles. The van der Waals surface area contributed by atoms with Crippen LogP contribution in [-0.2, 0) is 21.2 Å². The molecule has 0 spiro atoms. The second-order valence-electron chi connectivity index (χ2n) is 9.48. The Labute approximate surface area is 221 Å². The number of benzene rings is 3. The highest BCUT2D eigenvalue weighted by Gasteiger charge is 2.23. The molecule has 0 aliphatic carbocycles. The fourth-order valence-corrected chi connectivity index (χ4v) is 4.72. The van der Waals surface area contributed by atoms with Crippen LogP contribution in [0.3, 0.4) is 0 Å². The van der Waals surface area contributed by atoms with Crippen molar-refractivity contribution < 1.29 is 17.9 Å². The topological polar surface area (TPSA) is 110 Å². The molecular weight excluding hydrogens is 512 g/mol. The highest BCUT2D eigenvalue weighted by molar-refractivity contribution is 7.92. The van der Waals surface area contributed by atoms with E-state index in [0.29, 0.717) is 33.1 Å². The molecule has 1 heterocycles. The van der Waals surface area contributed by atoms with Crippen molar-refractivity contribution in [2.24, 2.45) is 5.41 Å². The van der Waals surface area contributed by atoms with E-state index < -0.39 is 15.4 Å². The molecule has 0 radical (unpaired) electrons. The number of Topliss-reactive ketones (excluding diaryl/α,β-unsaturated/α-hetero) is 1. The predicted octanol–water partition coefficient (Wildman–Crippen LogP) is 5.99. The van der Waals surface area contributed by atoms with Gasteiger partial charge in [0.05, 0.1) is 33.7 Å². The van der Waals surface area contributed by atoms with Crippen molar-refractivity contribution in [2.45, 2.75) is 32.1 Å². The van der Waals surface area contributed by atoms with Crippen molar-refractivity contribution in [3.63, 3.8) is 0 Å². The zero-order valence-electron chi connectivity index (χ0n) is 20.9. The van der Waals surface area contributed by atoms with Gasteiger partial charge >= 0.3 is 0 Å². The van der Waals surface area contributed by atoms with Crippen LogP contribution in [-0.4, -0.2) is 31.3 Å². The molecule has 2 N–H and O–H groups in total. The molecule has 0 amide bonds. The highest BCUT2D eigenvalue weighted by Crippen LogP contribution is 2.33. The van der Waals surface area contributed by atoms with Crippen molar-refractivity contribution in [1.82, 2.24) is 9.97 Å². The number of ketones is 1. The van der Waals surface area contributed by atoms with Crippen LogP contribution < -0.4 is 14.8 Å². The fourth-order valence-electron chi connectivity index (χ4n) is 3.47. The number of anilines is 3. The molecule has 0 saturated carbocycles. The molecule has 0 bridgehead atoms. The van der Waals surface area contributed by atoms with Gasteiger partial charge in [0, 0.05) is 17.9 Å². The quantitative estimate of drug-likeness (QED) is 0.283. The molecule has 0 aliphatic rings. The lowest BCUT2D eigenvalue weighted by Crippen LogP contribution is -2.22. The Morgan fingerprint density at radius 1 is 0.946 bits per heavy atom. The van der Waals surface area contributed by atoms with Gasteiger partial charge in [-0.15, -0.1) is 0 Å². The van der Waals surface area contributed by atoms with Crippen LogP contribution in [0.5, 0.6) is 5.75 Å². The molecule has 0 unspecified atom stereocenters. The van der Waals surface area contributed by atoms with Crippen molar-refractivity contribution >= 4 is 55.8 Å². The summed E-state index contributed by atoms with van der Waals surface area (Å²) in [6, 6.07) is 18.5. The maximum Gasteiger partial charge on any atom is 0.263 e. The van der Waals surface area contributed by atoms with Gasteiger partial charge in [-0.25, -0.2) is 18.4 Å². The predicted molar refractivity (Wildman–Crippen MR) is 146 cm³/mol. The molecule has 37 heavy (non-hydrogen) atoms. The number of hydrogen-bond acceptors (Lipinski definition) is 7. The number of carbonyl (C=O) groups is 1. The number of methoxy groups -OCH3 is 1. The Kier molecular flexibility index (Phi) is 7.38. The third kappa shape index (κ3) is 6.18. The van der Waals surface area contributed by atoms with Crippen LogP contribution in [0.2, 0.25) is 5.02 Å². The van der Waals surface area contributed by atoms with E-state index in [2.05, 4.69) is 20.0 Å². The van der Waals surface area contributed by atoms with Crippen LogP contribution in [0.1, 0.15) is 26.3 Å². The minimum Gasteiger partial charge on any atom is -0.497 e. The first-order valence-electron chi connectivity index (χ1n) is 11.5. The Hall–Kier alpha value is -3.69. The first kappa shape index (κ1) is 26.4. The number of halogens is 1. The van der Waals surface area contributed by atoms with E-state index in [1.807, 2.05) is 26.8 Å². The minimum atomic E-state index is -4.07. The molecule has 4 aromatic rings. The summed E-state index contributed by atoms with van der Waals surface area (Å²) in [5, 5.41) is 3.47. The van der Waals surface area contributed by atoms with Crippen molar-refractivity contribution in [1.29, 1.82) is 0 Å². The summed E-state index contributed by atoms with van der Waals surface area (Å²) in [6.07, 6.45) is 0.129. The maximum atomic E-state index is 13.4. The number of fused-ring (bicyclic) bond motifs is 1. The third-order valence-corrected chi connectivity index (χ3v) is 7.30. The normalized spacial score (nSPS) is 11.8. The molecule has 0 atom stereocenters. The number of nitrogens with one attached hydrogen (secondary N) is 2. The zero-order valence-corrected chi connectivity index (χ0v) is 22.4. The molecule has 4 rings (SSSR count). The van der Waals surface area contributed by atoms with Crippen LogP contribution in [0.15, 0.2) is 71.6 Å². The van der Waals surface area contributed by atoms with Gasteiger partial charge in [0.15, 0.2) is 11.6 Å². The smallest absolute Gasteiger partial charge is 0.263 e. The van der Waals surface area contributed by atoms with E-state index in [0.717, 1.165) is 0 Å². The number of sulfonamides is 1. The molecule has 0 fully saturated rings. The fraction of sp³-hybridized carbons (Fsp3) is 0.222. The Bertz CT molecular complexity index is 1580. The second-order valence-corrected chi connectivity index (χ2v) is 11.6. The Balaban J connectivity index is 1.72. The Morgan fingerprint density at radius 3 is 2.27 bits per heavy atom. The number of aromatic nitrogens is 2. The van der Waals surface area contributed by atoms with Gasteiger partial charge in [0.1, 0.15) is 11.5 Å². The lowest BCUT2D eigenvalue weighted by atomic mass is 9.87. The Morgan fingerprint density at radius 2 is 1.62 bits per heavy atom. The number of hydrogen-bond donors (Lipinski definition) is 2. The second kappa shape index (κ2) is 10.4. The molecule has 3 aromatic carbocycles. The monoisotopic (exact) mass is 538 g/mol. The van der Waals surface area contributed by atoms with E-state index in [1.165, 1.54) is 19.2 Å². The van der Waals surface area contributed by atoms with Gasteiger partial charge in [-0.05, 0) is 42.0 Å². The molecule has 0 saturated heterocycles. The molecule has 1 aromatic heterocycles. The first-order valence-corrected chi connectivity index (χ1v) is 13.3. The van der Waals surface area contributed by atoms with Crippen LogP contribution in [0.25, 0.3) is 11.0 Å². The molecule has 10 heteroatoms. The number of nitrogens with zero attached hydrogens (tertiary/aromatic N) is 2. The summed E-state index contributed by atoms with van der Waals surface area (Å²) >= 11 is 6.36. The van der Waals surface area contributed by atoms with Gasteiger partial charge < -0.3 is 10.1 Å². The standard InChI is InChI=1S/C27H27ClN4O4S/c1-27(2,3)24(33)15-17-8-7-9-19(14-17)37(34,35)32-26-25(29-21-10-5-6-11-22(21)30-26)31-23-16-18(36-4)12-13-20(23)28/h5-14,16H,15H2,1-4H3,(H,29,31)(H,30,32). The van der Waals surface area contributed by atoms with E-state index in [4.69, 9.17) is 16.3 Å². The summed E-state index contributed by atoms with van der Waals surface area (Å²) in [7, 11) is -2.54. The lowest BCUT2D eigenvalue weighted by molar-refractivity contribution is -0.125. The summed E-state index contributed by atoms with van der Waals surface area (Å²) in [6.45, 7) is 5.50. The number of rotatable bonds is 8. The largest absolute Gasteiger partial charge is 0.497 e. The minimum absolute atomic E-state index is 0.00578. The summed E-state index contributed by atoms with van der Waals surface area (Å²) in [4.78, 5) is 21.6. The summed E-state index contributed by atoms with van der Waals surface area (Å²) < 4.78 is 34.6. The van der Waals surface area contributed by atoms with E-state index in [1.54, 1.807) is 48.5 Å². The van der Waals surface area contributed by atoms with E-state index in [9.17, 15) is 13.2 Å². The average molecular weight is 539 g/mol.